The van der Waals surface area contributed by atoms with Crippen molar-refractivity contribution < 1.29 is 14.7 Å². The van der Waals surface area contributed by atoms with Gasteiger partial charge in [-0.1, -0.05) is 0 Å². The van der Waals surface area contributed by atoms with E-state index in [0.29, 0.717) is 17.0 Å². The zero-order chi connectivity index (χ0) is 14.2. The molecule has 1 N–H and O–H groups in total. The lowest BCUT2D eigenvalue weighted by Gasteiger charge is -2.22. The lowest BCUT2D eigenvalue weighted by atomic mass is 10.2. The van der Waals surface area contributed by atoms with E-state index >= 15 is 0 Å². The topological polar surface area (TPSA) is 101 Å². The number of carboxylic acids is 1. The fourth-order valence-corrected chi connectivity index (χ4v) is 1.63. The minimum atomic E-state index is -1.07. The number of nitrogens with zero attached hydrogens (tertiary/aromatic N) is 5. The monoisotopic (exact) mass is 263 g/mol. The molecule has 0 bridgehead atoms. The van der Waals surface area contributed by atoms with E-state index in [2.05, 4.69) is 15.1 Å². The molecule has 8 nitrogen and oxygen atoms in total. The number of aryl methyl sites for hydroxylation is 1. The summed E-state index contributed by atoms with van der Waals surface area (Å²) < 4.78 is 1.44. The zero-order valence-corrected chi connectivity index (χ0v) is 10.7. The van der Waals surface area contributed by atoms with Crippen LogP contribution in [-0.4, -0.2) is 54.6 Å². The van der Waals surface area contributed by atoms with E-state index in [1.54, 1.807) is 6.92 Å². The van der Waals surface area contributed by atoms with Crippen LogP contribution in [0.3, 0.4) is 0 Å². The number of rotatable bonds is 3. The van der Waals surface area contributed by atoms with Gasteiger partial charge in [0.25, 0.3) is 11.7 Å². The van der Waals surface area contributed by atoms with Crippen LogP contribution < -0.4 is 0 Å². The smallest absolute Gasteiger partial charge is 0.326 e. The minimum absolute atomic E-state index is 0.300. The van der Waals surface area contributed by atoms with Crippen LogP contribution in [0.5, 0.6) is 0 Å². The van der Waals surface area contributed by atoms with Gasteiger partial charge in [0.15, 0.2) is 0 Å². The van der Waals surface area contributed by atoms with Gasteiger partial charge in [-0.25, -0.2) is 14.3 Å². The van der Waals surface area contributed by atoms with Crippen LogP contribution >= 0.6 is 0 Å². The Hall–Kier alpha value is -2.51. The standard InChI is InChI=1S/C11H13N5O3/c1-6-8(4-12-11-13-5-14-16(6)11)9(17)15(3)7(2)10(18)19/h4-5,7H,1-3H3,(H,18,19). The second-order valence-corrected chi connectivity index (χ2v) is 4.16. The van der Waals surface area contributed by atoms with E-state index in [4.69, 9.17) is 5.11 Å². The summed E-state index contributed by atoms with van der Waals surface area (Å²) in [5.74, 6) is -1.09. The maximum absolute atomic E-state index is 12.2. The molecule has 1 amide bonds. The van der Waals surface area contributed by atoms with E-state index in [0.717, 1.165) is 4.90 Å². The third-order valence-electron chi connectivity index (χ3n) is 3.04. The number of hydrogen-bond donors (Lipinski definition) is 1. The van der Waals surface area contributed by atoms with Crippen LogP contribution in [0.4, 0.5) is 0 Å². The summed E-state index contributed by atoms with van der Waals surface area (Å²) >= 11 is 0. The highest BCUT2D eigenvalue weighted by Crippen LogP contribution is 2.11. The molecule has 1 atom stereocenters. The summed E-state index contributed by atoms with van der Waals surface area (Å²) in [7, 11) is 1.44. The highest BCUT2D eigenvalue weighted by molar-refractivity contribution is 5.97. The molecule has 2 aromatic heterocycles. The third-order valence-corrected chi connectivity index (χ3v) is 3.04. The highest BCUT2D eigenvalue weighted by Gasteiger charge is 2.25. The Kier molecular flexibility index (Phi) is 3.16. The third kappa shape index (κ3) is 2.12. The summed E-state index contributed by atoms with van der Waals surface area (Å²) in [6, 6.07) is -0.918. The van der Waals surface area contributed by atoms with Crippen molar-refractivity contribution in [3.8, 4) is 0 Å². The molecule has 0 aliphatic carbocycles. The lowest BCUT2D eigenvalue weighted by Crippen LogP contribution is -2.40. The molecular weight excluding hydrogens is 250 g/mol. The van der Waals surface area contributed by atoms with Crippen molar-refractivity contribution in [2.75, 3.05) is 7.05 Å². The maximum atomic E-state index is 12.2. The number of hydrogen-bond acceptors (Lipinski definition) is 5. The molecule has 19 heavy (non-hydrogen) atoms. The molecule has 0 fully saturated rings. The van der Waals surface area contributed by atoms with Crippen LogP contribution in [0.15, 0.2) is 12.5 Å². The van der Waals surface area contributed by atoms with E-state index < -0.39 is 17.9 Å². The number of likely N-dealkylation sites (N-methyl/N-ethyl adjacent to an activating group) is 1. The van der Waals surface area contributed by atoms with E-state index in [9.17, 15) is 9.59 Å². The Morgan fingerprint density at radius 2 is 2.11 bits per heavy atom. The van der Waals surface area contributed by atoms with Gasteiger partial charge in [0.2, 0.25) is 0 Å². The summed E-state index contributed by atoms with van der Waals surface area (Å²) in [5, 5.41) is 12.9. The van der Waals surface area contributed by atoms with Crippen molar-refractivity contribution in [3.63, 3.8) is 0 Å². The van der Waals surface area contributed by atoms with Crippen molar-refractivity contribution in [1.82, 2.24) is 24.5 Å². The number of aliphatic carboxylic acids is 1. The van der Waals surface area contributed by atoms with Gasteiger partial charge in [-0.15, -0.1) is 0 Å². The molecule has 0 aromatic carbocycles. The van der Waals surface area contributed by atoms with E-state index in [-0.39, 0.29) is 0 Å². The van der Waals surface area contributed by atoms with Crippen LogP contribution in [0.1, 0.15) is 23.0 Å². The Balaban J connectivity index is 2.41. The fourth-order valence-electron chi connectivity index (χ4n) is 1.63. The van der Waals surface area contributed by atoms with Gasteiger partial charge < -0.3 is 10.0 Å². The molecule has 2 heterocycles. The molecule has 100 valence electrons. The predicted octanol–water partition coefficient (Wildman–Crippen LogP) is -0.0222. The molecule has 1 unspecified atom stereocenters. The van der Waals surface area contributed by atoms with Crippen LogP contribution in [0.2, 0.25) is 0 Å². The van der Waals surface area contributed by atoms with Crippen molar-refractivity contribution in [3.05, 3.63) is 23.8 Å². The minimum Gasteiger partial charge on any atom is -0.480 e. The molecule has 8 heteroatoms. The van der Waals surface area contributed by atoms with Gasteiger partial charge in [0, 0.05) is 13.2 Å². The summed E-state index contributed by atoms with van der Waals surface area (Å²) in [4.78, 5) is 32.2. The Bertz CT molecular complexity index is 651. The molecule has 2 aromatic rings. The van der Waals surface area contributed by atoms with Crippen molar-refractivity contribution in [1.29, 1.82) is 0 Å². The Labute approximate surface area is 108 Å². The van der Waals surface area contributed by atoms with E-state index in [1.807, 2.05) is 0 Å². The molecular formula is C11H13N5O3. The number of fused-ring (bicyclic) bond motifs is 1. The first-order chi connectivity index (χ1) is 8.93. The maximum Gasteiger partial charge on any atom is 0.326 e. The number of amides is 1. The van der Waals surface area contributed by atoms with Gasteiger partial charge >= 0.3 is 5.97 Å². The molecule has 2 rings (SSSR count). The van der Waals surface area contributed by atoms with Crippen LogP contribution in [0.25, 0.3) is 5.78 Å². The molecule has 0 aliphatic heterocycles. The summed E-state index contributed by atoms with van der Waals surface area (Å²) in [6.45, 7) is 3.15. The second-order valence-electron chi connectivity index (χ2n) is 4.16. The molecule has 0 spiro atoms. The first kappa shape index (κ1) is 12.9. The molecule has 0 saturated heterocycles. The van der Waals surface area contributed by atoms with Gasteiger partial charge in [0.05, 0.1) is 11.3 Å². The van der Waals surface area contributed by atoms with E-state index in [1.165, 1.54) is 31.0 Å². The first-order valence-corrected chi connectivity index (χ1v) is 5.58. The van der Waals surface area contributed by atoms with Gasteiger partial charge in [-0.05, 0) is 13.8 Å². The fraction of sp³-hybridized carbons (Fsp3) is 0.364. The Morgan fingerprint density at radius 1 is 1.42 bits per heavy atom. The number of aromatic nitrogens is 4. The molecule has 0 saturated carbocycles. The Morgan fingerprint density at radius 3 is 2.74 bits per heavy atom. The van der Waals surface area contributed by atoms with Gasteiger partial charge in [-0.3, -0.25) is 4.79 Å². The van der Waals surface area contributed by atoms with Crippen LogP contribution in [-0.2, 0) is 4.79 Å². The zero-order valence-electron chi connectivity index (χ0n) is 10.7. The number of carbonyl (C=O) groups is 2. The van der Waals surface area contributed by atoms with Gasteiger partial charge in [-0.2, -0.15) is 10.1 Å². The quantitative estimate of drug-likeness (QED) is 0.835. The SMILES string of the molecule is Cc1c(C(=O)N(C)C(C)C(=O)O)cnc2ncnn12. The molecule has 0 aliphatic rings. The number of carboxylic acid groups (broad SMARTS) is 1. The second kappa shape index (κ2) is 4.63. The average molecular weight is 263 g/mol. The van der Waals surface area contributed by atoms with Crippen molar-refractivity contribution in [2.45, 2.75) is 19.9 Å². The summed E-state index contributed by atoms with van der Waals surface area (Å²) in [5.41, 5.74) is 0.866. The summed E-state index contributed by atoms with van der Waals surface area (Å²) in [6.07, 6.45) is 2.72. The van der Waals surface area contributed by atoms with Gasteiger partial charge in [0.1, 0.15) is 12.4 Å². The lowest BCUT2D eigenvalue weighted by molar-refractivity contribution is -0.141. The number of carbonyl (C=O) groups excluding carboxylic acids is 1. The van der Waals surface area contributed by atoms with Crippen molar-refractivity contribution >= 4 is 17.7 Å². The average Bonchev–Trinajstić information content (AvgIpc) is 2.85. The predicted molar refractivity (Wildman–Crippen MR) is 64.7 cm³/mol. The van der Waals surface area contributed by atoms with Crippen LogP contribution in [0, 0.1) is 6.92 Å². The first-order valence-electron chi connectivity index (χ1n) is 5.58. The normalized spacial score (nSPS) is 12.4. The largest absolute Gasteiger partial charge is 0.480 e. The van der Waals surface area contributed by atoms with Crippen molar-refractivity contribution in [2.24, 2.45) is 0 Å². The highest BCUT2D eigenvalue weighted by atomic mass is 16.4. The molecule has 0 radical (unpaired) electrons.